The van der Waals surface area contributed by atoms with Crippen molar-refractivity contribution in [1.82, 2.24) is 0 Å². The third kappa shape index (κ3) is 25.5. The van der Waals surface area contributed by atoms with Crippen LogP contribution in [-0.2, 0) is 39.4 Å². The van der Waals surface area contributed by atoms with E-state index in [4.69, 9.17) is 5.73 Å². The summed E-state index contributed by atoms with van der Waals surface area (Å²) in [6.45, 7) is 32.6. The summed E-state index contributed by atoms with van der Waals surface area (Å²) in [6, 6.07) is 35.0. The molecular formula is C57H85N3O2PtS. The number of piperazine rings is 1. The number of hydrogen-bond donors (Lipinski definition) is 2. The Morgan fingerprint density at radius 1 is 0.781 bits per heavy atom. The van der Waals surface area contributed by atoms with Crippen LogP contribution in [-0.4, -0.2) is 37.3 Å². The molecule has 1 fully saturated rings. The van der Waals surface area contributed by atoms with E-state index < -0.39 is 5.97 Å². The van der Waals surface area contributed by atoms with Crippen LogP contribution < -0.4 is 15.5 Å². The van der Waals surface area contributed by atoms with Gasteiger partial charge in [0.05, 0.1) is 5.57 Å². The Bertz CT molecular complexity index is 1870. The maximum Gasteiger partial charge on any atom is 4.00 e. The fourth-order valence-corrected chi connectivity index (χ4v) is 6.34. The van der Waals surface area contributed by atoms with Crippen molar-refractivity contribution in [3.8, 4) is 0 Å². The van der Waals surface area contributed by atoms with Crippen molar-refractivity contribution in [3.63, 3.8) is 0 Å². The molecule has 0 amide bonds. The number of nitrogens with two attached hydrogens (primary N) is 1. The van der Waals surface area contributed by atoms with Crippen LogP contribution in [0.25, 0.3) is 11.1 Å². The van der Waals surface area contributed by atoms with Gasteiger partial charge in [0, 0.05) is 43.2 Å². The fourth-order valence-electron chi connectivity index (χ4n) is 6.34. The van der Waals surface area contributed by atoms with Gasteiger partial charge in [-0.3, -0.25) is 6.08 Å². The Hall–Kier alpha value is -3.99. The van der Waals surface area contributed by atoms with E-state index in [2.05, 4.69) is 138 Å². The molecule has 0 spiro atoms. The standard InChI is InChI=1S/C33H38N2O2.C9H19.C6H7N.C4H10.C4H7.CH3.Pt.H2S/c1-6-25(4)31(33(36)37)32(26(5)27-14-10-23(2)11-15-27)28-8-7-9-30(22-28)35-20-18-34(19-21-35)29-16-12-24(3)13-17-29;1-4-6-7-8-9(3)5-2;7-6-4-2-1-3-5-6;1-4(2)3;1-3-4-2;;;/h7-17,22H,6,18-21H2,1-5H3,(H,36,37);9H,1,4-8H2,2-3H3;1-5H,7H2;4H,1-3H3;3H,1-2H3;1H3;;1H2/q;-1;;;2*-1;+4;/p-1/b31-25+,32-26+;;;;;;;. The van der Waals surface area contributed by atoms with Crippen LogP contribution in [0.5, 0.6) is 0 Å². The predicted molar refractivity (Wildman–Crippen MR) is 285 cm³/mol. The number of aryl methyl sites for hydroxylation is 2. The van der Waals surface area contributed by atoms with Crippen molar-refractivity contribution in [3.05, 3.63) is 163 Å². The van der Waals surface area contributed by atoms with Gasteiger partial charge in [0.1, 0.15) is 0 Å². The van der Waals surface area contributed by atoms with Crippen molar-refractivity contribution < 1.29 is 31.0 Å². The van der Waals surface area contributed by atoms with Crippen LogP contribution in [0.2, 0.25) is 0 Å². The van der Waals surface area contributed by atoms with E-state index in [0.29, 0.717) is 12.0 Å². The van der Waals surface area contributed by atoms with E-state index in [1.54, 1.807) is 0 Å². The van der Waals surface area contributed by atoms with Gasteiger partial charge in [-0.1, -0.05) is 158 Å². The first kappa shape index (κ1) is 64.3. The molecule has 1 heterocycles. The van der Waals surface area contributed by atoms with Gasteiger partial charge in [-0.15, -0.1) is 0 Å². The number of allylic oxidation sites excluding steroid dienone is 4. The zero-order chi connectivity index (χ0) is 45.7. The molecule has 0 aliphatic carbocycles. The Kier molecular flexibility index (Phi) is 37.4. The molecule has 0 bridgehead atoms. The molecule has 0 aromatic heterocycles. The zero-order valence-corrected chi connectivity index (χ0v) is 45.1. The molecule has 1 atom stereocenters. The molecule has 1 saturated heterocycles. The summed E-state index contributed by atoms with van der Waals surface area (Å²) in [6.07, 6.45) is 11.9. The minimum atomic E-state index is -0.877. The summed E-state index contributed by atoms with van der Waals surface area (Å²) in [5.41, 5.74) is 16.1. The van der Waals surface area contributed by atoms with Crippen LogP contribution in [0.3, 0.4) is 0 Å². The SMILES string of the molecule is CC(C)C.CC/C(C)=C(C(=O)O)\C(=C(/C)c1ccc(C)cc1)c1cccc(N2CCN(c3ccc(C)cc3)CC2)c1.C[C-]=CC.Nc1ccccc1.[CH2-]CCCCC(C)CC.[CH3-].[Pt+4].[SH-]. The van der Waals surface area contributed by atoms with E-state index in [-0.39, 0.29) is 42.0 Å². The van der Waals surface area contributed by atoms with Crippen LogP contribution in [0.4, 0.5) is 17.1 Å². The summed E-state index contributed by atoms with van der Waals surface area (Å²) in [7, 11) is 0. The molecule has 1 aliphatic rings. The van der Waals surface area contributed by atoms with E-state index >= 15 is 0 Å². The minimum absolute atomic E-state index is 0. The number of unbranched alkanes of at least 4 members (excludes halogenated alkanes) is 2. The third-order valence-electron chi connectivity index (χ3n) is 10.4. The molecule has 4 aromatic rings. The monoisotopic (exact) mass is 1070 g/mol. The third-order valence-corrected chi connectivity index (χ3v) is 10.4. The van der Waals surface area contributed by atoms with Crippen LogP contribution in [0.15, 0.2) is 120 Å². The number of nitrogen functional groups attached to an aromatic ring is 1. The van der Waals surface area contributed by atoms with Crippen LogP contribution in [0, 0.1) is 46.1 Å². The van der Waals surface area contributed by atoms with Gasteiger partial charge in [-0.05, 0) is 105 Å². The molecule has 5 nitrogen and oxygen atoms in total. The molecule has 5 rings (SSSR count). The Morgan fingerprint density at radius 2 is 1.27 bits per heavy atom. The van der Waals surface area contributed by atoms with Crippen LogP contribution >= 0.6 is 0 Å². The summed E-state index contributed by atoms with van der Waals surface area (Å²) in [5, 5.41) is 10.3. The molecule has 3 N–H and O–H groups in total. The minimum Gasteiger partial charge on any atom is -0.813 e. The Balaban J connectivity index is -0.00000113. The van der Waals surface area contributed by atoms with Gasteiger partial charge in [-0.2, -0.15) is 13.3 Å². The summed E-state index contributed by atoms with van der Waals surface area (Å²) >= 11 is 0. The van der Waals surface area contributed by atoms with Gasteiger partial charge in [0.25, 0.3) is 0 Å². The number of carboxylic acid groups (broad SMARTS) is 1. The maximum atomic E-state index is 12.6. The molecule has 4 aromatic carbocycles. The van der Waals surface area contributed by atoms with Gasteiger partial charge in [0.2, 0.25) is 0 Å². The van der Waals surface area contributed by atoms with Gasteiger partial charge >= 0.3 is 27.0 Å². The second-order valence-electron chi connectivity index (χ2n) is 16.6. The van der Waals surface area contributed by atoms with Gasteiger partial charge in [0.15, 0.2) is 0 Å². The quantitative estimate of drug-likeness (QED) is 0.0215. The topological polar surface area (TPSA) is 69.8 Å². The Morgan fingerprint density at radius 3 is 1.67 bits per heavy atom. The zero-order valence-electron chi connectivity index (χ0n) is 41.9. The molecule has 1 aliphatic heterocycles. The first-order chi connectivity index (χ1) is 29.1. The van der Waals surface area contributed by atoms with E-state index in [1.165, 1.54) is 42.5 Å². The number of hydrogen-bond acceptors (Lipinski definition) is 5. The van der Waals surface area contributed by atoms with Crippen molar-refractivity contribution >= 4 is 47.7 Å². The predicted octanol–water partition coefficient (Wildman–Crippen LogP) is 15.3. The van der Waals surface area contributed by atoms with E-state index in [9.17, 15) is 9.90 Å². The largest absolute Gasteiger partial charge is 4.00 e. The molecule has 7 heteroatoms. The van der Waals surface area contributed by atoms with Gasteiger partial charge < -0.3 is 54.6 Å². The van der Waals surface area contributed by atoms with E-state index in [1.807, 2.05) is 77.1 Å². The van der Waals surface area contributed by atoms with Gasteiger partial charge in [-0.25, -0.2) is 4.79 Å². The average molecular weight is 1070 g/mol. The molecule has 0 saturated carbocycles. The molecule has 0 radical (unpaired) electrons. The normalized spacial score (nSPS) is 12.8. The first-order valence-corrected chi connectivity index (χ1v) is 22.6. The summed E-state index contributed by atoms with van der Waals surface area (Å²) in [4.78, 5) is 17.4. The number of anilines is 3. The van der Waals surface area contributed by atoms with Crippen molar-refractivity contribution in [2.24, 2.45) is 11.8 Å². The number of para-hydroxylation sites is 1. The smallest absolute Gasteiger partial charge is 0.813 e. The van der Waals surface area contributed by atoms with E-state index in [0.717, 1.165) is 83.7 Å². The van der Waals surface area contributed by atoms with Crippen molar-refractivity contribution in [1.29, 1.82) is 0 Å². The number of carbonyl (C=O) groups is 1. The second-order valence-corrected chi connectivity index (χ2v) is 16.6. The number of benzene rings is 4. The first-order valence-electron chi connectivity index (χ1n) is 22.6. The maximum absolute atomic E-state index is 12.6. The van der Waals surface area contributed by atoms with Crippen LogP contribution in [0.1, 0.15) is 130 Å². The second kappa shape index (κ2) is 37.3. The summed E-state index contributed by atoms with van der Waals surface area (Å²) < 4.78 is 0. The van der Waals surface area contributed by atoms with Crippen molar-refractivity contribution in [2.75, 3.05) is 41.7 Å². The van der Waals surface area contributed by atoms with Crippen molar-refractivity contribution in [2.45, 2.75) is 122 Å². The fraction of sp³-hybridized carbons (Fsp3) is 0.421. The number of nitrogens with zero attached hydrogens (tertiary/aromatic N) is 2. The molecular weight excluding hydrogens is 986 g/mol. The number of aliphatic carboxylic acids is 1. The number of carboxylic acids is 1. The number of rotatable bonds is 12. The molecule has 1 unspecified atom stereocenters. The molecule has 356 valence electrons. The Labute approximate surface area is 414 Å². The average Bonchev–Trinajstić information content (AvgIpc) is 3.26. The molecule has 64 heavy (non-hydrogen) atoms. The number of thiol groups is 1. The summed E-state index contributed by atoms with van der Waals surface area (Å²) in [5.74, 6) is 0.884.